The van der Waals surface area contributed by atoms with E-state index in [9.17, 15) is 0 Å². The van der Waals surface area contributed by atoms with E-state index in [0.29, 0.717) is 0 Å². The minimum Gasteiger partial charge on any atom is -0.331 e. The van der Waals surface area contributed by atoms with E-state index in [1.54, 1.807) is 6.20 Å². The van der Waals surface area contributed by atoms with Gasteiger partial charge in [-0.1, -0.05) is 6.58 Å². The Morgan fingerprint density at radius 3 is 2.46 bits per heavy atom. The lowest BCUT2D eigenvalue weighted by molar-refractivity contribution is 0.957. The number of nitrogens with zero attached hydrogens (tertiary/aromatic N) is 1. The Morgan fingerprint density at radius 2 is 2.00 bits per heavy atom. The molecule has 3 N–H and O–H groups in total. The molecule has 13 heavy (non-hydrogen) atoms. The first-order valence-corrected chi connectivity index (χ1v) is 4.13. The smallest absolute Gasteiger partial charge is 0.0397 e. The van der Waals surface area contributed by atoms with Gasteiger partial charge in [-0.2, -0.15) is 0 Å². The van der Waals surface area contributed by atoms with Crippen molar-refractivity contribution in [2.75, 3.05) is 0 Å². The molecule has 0 fully saturated rings. The molecule has 0 saturated heterocycles. The molecule has 0 aromatic carbocycles. The highest BCUT2D eigenvalue weighted by molar-refractivity contribution is 5.56. The molecule has 3 heteroatoms. The summed E-state index contributed by atoms with van der Waals surface area (Å²) >= 11 is 0. The number of allylic oxidation sites excluding steroid dienone is 2. The van der Waals surface area contributed by atoms with Crippen LogP contribution in [0.5, 0.6) is 0 Å². The van der Waals surface area contributed by atoms with Gasteiger partial charge in [-0.25, -0.2) is 0 Å². The van der Waals surface area contributed by atoms with Gasteiger partial charge < -0.3 is 9.99 Å². The molecule has 0 spiro atoms. The molecule has 0 saturated carbocycles. The third-order valence-corrected chi connectivity index (χ3v) is 1.93. The molecule has 0 aliphatic heterocycles. The molecule has 3 nitrogen and oxygen atoms in total. The molecule has 0 aliphatic rings. The summed E-state index contributed by atoms with van der Waals surface area (Å²) in [7, 11) is 0. The van der Waals surface area contributed by atoms with Crippen molar-refractivity contribution in [3.8, 4) is 0 Å². The number of nitrogens with one attached hydrogen (secondary N) is 1. The van der Waals surface area contributed by atoms with Crippen LogP contribution in [0.15, 0.2) is 31.0 Å². The van der Waals surface area contributed by atoms with Crippen LogP contribution in [0, 0.1) is 13.8 Å². The van der Waals surface area contributed by atoms with Crippen LogP contribution in [0.4, 0.5) is 0 Å². The number of hydrazine groups is 1. The average Bonchev–Trinajstić information content (AvgIpc) is 2.42. The van der Waals surface area contributed by atoms with Gasteiger partial charge >= 0.3 is 0 Å². The molecule has 1 aromatic heterocycles. The summed E-state index contributed by atoms with van der Waals surface area (Å²) in [6.07, 6.45) is 3.49. The summed E-state index contributed by atoms with van der Waals surface area (Å²) < 4.78 is 2.06. The van der Waals surface area contributed by atoms with Crippen LogP contribution in [0.3, 0.4) is 0 Å². The lowest BCUT2D eigenvalue weighted by Crippen LogP contribution is -2.13. The first kappa shape index (κ1) is 9.61. The second-order valence-electron chi connectivity index (χ2n) is 2.94. The Balaban J connectivity index is 2.94. The highest BCUT2D eigenvalue weighted by Gasteiger charge is 2.00. The van der Waals surface area contributed by atoms with E-state index in [4.69, 9.17) is 5.84 Å². The molecular weight excluding hydrogens is 162 g/mol. The molecule has 0 bridgehead atoms. The number of aromatic nitrogens is 1. The largest absolute Gasteiger partial charge is 0.331 e. The highest BCUT2D eigenvalue weighted by Crippen LogP contribution is 2.13. The molecule has 0 aliphatic carbocycles. The molecule has 1 rings (SSSR count). The summed E-state index contributed by atoms with van der Waals surface area (Å²) in [5.41, 5.74) is 5.69. The number of aryl methyl sites for hydroxylation is 2. The summed E-state index contributed by atoms with van der Waals surface area (Å²) in [4.78, 5) is 0. The Kier molecular flexibility index (Phi) is 2.93. The maximum absolute atomic E-state index is 5.12. The molecule has 70 valence electrons. The minimum atomic E-state index is 0.901. The zero-order valence-electron chi connectivity index (χ0n) is 8.04. The van der Waals surface area contributed by atoms with E-state index in [1.807, 2.05) is 19.9 Å². The number of rotatable bonds is 3. The lowest BCUT2D eigenvalue weighted by Gasteiger charge is -2.08. The van der Waals surface area contributed by atoms with Crippen molar-refractivity contribution in [3.05, 3.63) is 42.4 Å². The zero-order valence-corrected chi connectivity index (χ0v) is 8.04. The van der Waals surface area contributed by atoms with Crippen LogP contribution in [0.2, 0.25) is 0 Å². The fraction of sp³-hybridized carbons (Fsp3) is 0.200. The van der Waals surface area contributed by atoms with Crippen molar-refractivity contribution in [2.45, 2.75) is 13.8 Å². The molecule has 0 amide bonds. The van der Waals surface area contributed by atoms with Gasteiger partial charge in [0, 0.05) is 23.3 Å². The van der Waals surface area contributed by atoms with Crippen LogP contribution >= 0.6 is 0 Å². The number of nitrogens with two attached hydrogens (primary N) is 1. The number of hydrogen-bond donors (Lipinski definition) is 2. The SMILES string of the molecule is C=C(/C=C\NN)n1c(C)ccc1C. The second kappa shape index (κ2) is 3.96. The summed E-state index contributed by atoms with van der Waals surface area (Å²) in [5.74, 6) is 5.12. The van der Waals surface area contributed by atoms with E-state index in [0.717, 1.165) is 5.70 Å². The lowest BCUT2D eigenvalue weighted by atomic mass is 10.4. The van der Waals surface area contributed by atoms with Gasteiger partial charge in [0.25, 0.3) is 0 Å². The zero-order chi connectivity index (χ0) is 9.84. The fourth-order valence-electron chi connectivity index (χ4n) is 1.34. The average molecular weight is 177 g/mol. The van der Waals surface area contributed by atoms with Crippen molar-refractivity contribution in [2.24, 2.45) is 5.84 Å². The van der Waals surface area contributed by atoms with Crippen molar-refractivity contribution in [1.82, 2.24) is 9.99 Å². The van der Waals surface area contributed by atoms with Gasteiger partial charge in [-0.3, -0.25) is 5.84 Å². The van der Waals surface area contributed by atoms with Crippen LogP contribution in [0.25, 0.3) is 5.70 Å². The normalized spacial score (nSPS) is 10.7. The van der Waals surface area contributed by atoms with E-state index in [2.05, 4.69) is 28.7 Å². The molecule has 1 heterocycles. The van der Waals surface area contributed by atoms with E-state index < -0.39 is 0 Å². The Hall–Kier alpha value is -1.48. The van der Waals surface area contributed by atoms with E-state index in [-0.39, 0.29) is 0 Å². The predicted molar refractivity (Wildman–Crippen MR) is 55.7 cm³/mol. The summed E-state index contributed by atoms with van der Waals surface area (Å²) in [6.45, 7) is 8.02. The summed E-state index contributed by atoms with van der Waals surface area (Å²) in [5, 5.41) is 0. The minimum absolute atomic E-state index is 0.901. The van der Waals surface area contributed by atoms with Gasteiger partial charge in [0.05, 0.1) is 0 Å². The van der Waals surface area contributed by atoms with Gasteiger partial charge in [0.1, 0.15) is 0 Å². The van der Waals surface area contributed by atoms with Crippen molar-refractivity contribution in [3.63, 3.8) is 0 Å². The van der Waals surface area contributed by atoms with Crippen molar-refractivity contribution in [1.29, 1.82) is 0 Å². The Bertz CT molecular complexity index is 314. The van der Waals surface area contributed by atoms with Crippen LogP contribution < -0.4 is 11.3 Å². The van der Waals surface area contributed by atoms with Gasteiger partial charge in [0.2, 0.25) is 0 Å². The second-order valence-corrected chi connectivity index (χ2v) is 2.94. The van der Waals surface area contributed by atoms with Crippen LogP contribution in [-0.2, 0) is 0 Å². The first-order valence-electron chi connectivity index (χ1n) is 4.13. The number of hydrogen-bond acceptors (Lipinski definition) is 2. The molecule has 0 unspecified atom stereocenters. The van der Waals surface area contributed by atoms with Gasteiger partial charge in [-0.05, 0) is 32.1 Å². The Morgan fingerprint density at radius 1 is 1.46 bits per heavy atom. The maximum Gasteiger partial charge on any atom is 0.0397 e. The van der Waals surface area contributed by atoms with Gasteiger partial charge in [-0.15, -0.1) is 0 Å². The van der Waals surface area contributed by atoms with Crippen LogP contribution in [0.1, 0.15) is 11.4 Å². The maximum atomic E-state index is 5.12. The third kappa shape index (κ3) is 2.00. The van der Waals surface area contributed by atoms with E-state index in [1.165, 1.54) is 11.4 Å². The predicted octanol–water partition coefficient (Wildman–Crippen LogP) is 1.55. The van der Waals surface area contributed by atoms with Crippen LogP contribution in [-0.4, -0.2) is 4.57 Å². The standard InChI is InChI=1S/C10H15N3/c1-8-4-5-9(2)13(8)10(3)6-7-12-11/h4-7,12H,3,11H2,1-2H3/b7-6-. The molecule has 0 atom stereocenters. The molecule has 0 radical (unpaired) electrons. The summed E-state index contributed by atoms with van der Waals surface area (Å²) in [6, 6.07) is 4.12. The third-order valence-electron chi connectivity index (χ3n) is 1.93. The molecule has 1 aromatic rings. The monoisotopic (exact) mass is 177 g/mol. The molecular formula is C10H15N3. The first-order chi connectivity index (χ1) is 6.16. The highest BCUT2D eigenvalue weighted by atomic mass is 15.2. The topological polar surface area (TPSA) is 43.0 Å². The van der Waals surface area contributed by atoms with E-state index >= 15 is 0 Å². The fourth-order valence-corrected chi connectivity index (χ4v) is 1.34. The van der Waals surface area contributed by atoms with Gasteiger partial charge in [0.15, 0.2) is 0 Å². The van der Waals surface area contributed by atoms with Crippen molar-refractivity contribution >= 4 is 5.70 Å². The Labute approximate surface area is 78.5 Å². The quantitative estimate of drug-likeness (QED) is 0.418. The van der Waals surface area contributed by atoms with Crippen molar-refractivity contribution < 1.29 is 0 Å².